The van der Waals surface area contributed by atoms with Crippen LogP contribution in [0.3, 0.4) is 0 Å². The minimum Gasteiger partial charge on any atom is -0.467 e. The summed E-state index contributed by atoms with van der Waals surface area (Å²) in [6, 6.07) is 2.29. The van der Waals surface area contributed by atoms with Gasteiger partial charge in [0.25, 0.3) is 10.1 Å². The first kappa shape index (κ1) is 19.2. The Hall–Kier alpha value is -1.85. The van der Waals surface area contributed by atoms with Gasteiger partial charge >= 0.3 is 12.1 Å². The van der Waals surface area contributed by atoms with Gasteiger partial charge in [-0.05, 0) is 18.2 Å². The first-order chi connectivity index (χ1) is 10.5. The number of hydrogen-bond acceptors (Lipinski definition) is 6. The monoisotopic (exact) mass is 358 g/mol. The van der Waals surface area contributed by atoms with Gasteiger partial charge in [-0.15, -0.1) is 0 Å². The van der Waals surface area contributed by atoms with Crippen LogP contribution in [0.1, 0.15) is 15.9 Å². The van der Waals surface area contributed by atoms with Crippen LogP contribution >= 0.6 is 0 Å². The predicted molar refractivity (Wildman–Crippen MR) is 70.6 cm³/mol. The quantitative estimate of drug-likeness (QED) is 0.450. The number of esters is 1. The molecule has 0 spiro atoms. The number of benzene rings is 1. The lowest BCUT2D eigenvalue weighted by Crippen LogP contribution is -2.16. The Balaban J connectivity index is 2.93. The van der Waals surface area contributed by atoms with Gasteiger partial charge in [-0.3, -0.25) is 4.55 Å². The molecule has 0 saturated carbocycles. The lowest BCUT2D eigenvalue weighted by atomic mass is 10.1. The summed E-state index contributed by atoms with van der Waals surface area (Å²) >= 11 is 0. The number of carbonyl (C=O) groups is 1. The Morgan fingerprint density at radius 3 is 2.48 bits per heavy atom. The SMILES string of the molecule is COCOc1cc(C(=O)OCCS(=O)(=O)O)ccc1C(F)(F)F. The molecule has 0 atom stereocenters. The summed E-state index contributed by atoms with van der Waals surface area (Å²) in [6.07, 6.45) is -4.70. The molecular formula is C12H13F3O7S. The van der Waals surface area contributed by atoms with E-state index in [9.17, 15) is 26.4 Å². The standard InChI is InChI=1S/C12H13F3O7S/c1-20-7-22-10-6-8(2-3-9(10)12(13,14)15)11(16)21-4-5-23(17,18)19/h2-3,6H,4-5,7H2,1H3,(H,17,18,19). The van der Waals surface area contributed by atoms with E-state index in [0.29, 0.717) is 6.07 Å². The Morgan fingerprint density at radius 2 is 1.96 bits per heavy atom. The van der Waals surface area contributed by atoms with Gasteiger partial charge in [0.15, 0.2) is 6.79 Å². The number of alkyl halides is 3. The van der Waals surface area contributed by atoms with Gasteiger partial charge in [-0.2, -0.15) is 21.6 Å². The van der Waals surface area contributed by atoms with Crippen molar-refractivity contribution < 1.29 is 45.1 Å². The maximum absolute atomic E-state index is 12.8. The average molecular weight is 358 g/mol. The summed E-state index contributed by atoms with van der Waals surface area (Å²) in [6.45, 7) is -1.11. The van der Waals surface area contributed by atoms with E-state index in [0.717, 1.165) is 12.1 Å². The highest BCUT2D eigenvalue weighted by Crippen LogP contribution is 2.36. The summed E-state index contributed by atoms with van der Waals surface area (Å²) in [5.74, 6) is -2.53. The molecule has 0 radical (unpaired) electrons. The molecule has 0 unspecified atom stereocenters. The van der Waals surface area contributed by atoms with E-state index >= 15 is 0 Å². The molecule has 11 heteroatoms. The van der Waals surface area contributed by atoms with Gasteiger partial charge in [-0.25, -0.2) is 4.79 Å². The van der Waals surface area contributed by atoms with Crippen LogP contribution in [-0.2, 0) is 25.8 Å². The molecule has 0 fully saturated rings. The summed E-state index contributed by atoms with van der Waals surface area (Å²) < 4.78 is 81.7. The zero-order valence-corrected chi connectivity index (χ0v) is 12.6. The predicted octanol–water partition coefficient (Wildman–Crippen LogP) is 1.73. The van der Waals surface area contributed by atoms with Crippen LogP contribution in [0.25, 0.3) is 0 Å². The smallest absolute Gasteiger partial charge is 0.419 e. The Labute approximate surface area is 129 Å². The third-order valence-electron chi connectivity index (χ3n) is 2.43. The van der Waals surface area contributed by atoms with Crippen molar-refractivity contribution in [2.75, 3.05) is 26.3 Å². The minimum absolute atomic E-state index is 0.278. The van der Waals surface area contributed by atoms with Gasteiger partial charge in [0.1, 0.15) is 18.1 Å². The first-order valence-corrected chi connectivity index (χ1v) is 7.61. The number of hydrogen-bond donors (Lipinski definition) is 1. The van der Waals surface area contributed by atoms with Crippen LogP contribution in [0.4, 0.5) is 13.2 Å². The van der Waals surface area contributed by atoms with E-state index in [1.54, 1.807) is 0 Å². The van der Waals surface area contributed by atoms with Crippen molar-refractivity contribution in [2.24, 2.45) is 0 Å². The molecule has 1 rings (SSSR count). The van der Waals surface area contributed by atoms with Crippen molar-refractivity contribution in [1.29, 1.82) is 0 Å². The van der Waals surface area contributed by atoms with Crippen LogP contribution in [0.5, 0.6) is 5.75 Å². The summed E-state index contributed by atoms with van der Waals surface area (Å²) in [7, 11) is -3.11. The van der Waals surface area contributed by atoms with E-state index in [-0.39, 0.29) is 5.56 Å². The van der Waals surface area contributed by atoms with Crippen molar-refractivity contribution >= 4 is 16.1 Å². The first-order valence-electron chi connectivity index (χ1n) is 6.00. The topological polar surface area (TPSA) is 99.1 Å². The van der Waals surface area contributed by atoms with Gasteiger partial charge in [0.2, 0.25) is 0 Å². The van der Waals surface area contributed by atoms with E-state index in [4.69, 9.17) is 9.29 Å². The maximum atomic E-state index is 12.8. The second kappa shape index (κ2) is 7.62. The highest BCUT2D eigenvalue weighted by molar-refractivity contribution is 7.85. The van der Waals surface area contributed by atoms with Crippen molar-refractivity contribution in [3.63, 3.8) is 0 Å². The molecular weight excluding hydrogens is 345 g/mol. The molecule has 0 saturated heterocycles. The third kappa shape index (κ3) is 6.42. The van der Waals surface area contributed by atoms with Gasteiger partial charge < -0.3 is 14.2 Å². The molecule has 1 aromatic rings. The summed E-state index contributed by atoms with van der Waals surface area (Å²) in [4.78, 5) is 11.7. The molecule has 0 aliphatic carbocycles. The highest BCUT2D eigenvalue weighted by Gasteiger charge is 2.35. The van der Waals surface area contributed by atoms with Crippen molar-refractivity contribution in [3.05, 3.63) is 29.3 Å². The fraction of sp³-hybridized carbons (Fsp3) is 0.417. The molecule has 0 bridgehead atoms. The van der Waals surface area contributed by atoms with Crippen LogP contribution < -0.4 is 4.74 Å². The maximum Gasteiger partial charge on any atom is 0.419 e. The molecule has 23 heavy (non-hydrogen) atoms. The average Bonchev–Trinajstić information content (AvgIpc) is 2.42. The number of methoxy groups -OCH3 is 1. The zero-order valence-electron chi connectivity index (χ0n) is 11.8. The van der Waals surface area contributed by atoms with Gasteiger partial charge in [-0.1, -0.05) is 0 Å². The number of halogens is 3. The fourth-order valence-corrected chi connectivity index (χ4v) is 1.74. The van der Waals surface area contributed by atoms with E-state index < -0.39 is 52.7 Å². The van der Waals surface area contributed by atoms with Crippen LogP contribution in [0, 0.1) is 0 Å². The molecule has 0 aliphatic heterocycles. The summed E-state index contributed by atoms with van der Waals surface area (Å²) in [5, 5.41) is 0. The lowest BCUT2D eigenvalue weighted by molar-refractivity contribution is -0.139. The van der Waals surface area contributed by atoms with Crippen LogP contribution in [0.2, 0.25) is 0 Å². The Morgan fingerprint density at radius 1 is 1.30 bits per heavy atom. The minimum atomic E-state index is -4.70. The van der Waals surface area contributed by atoms with Gasteiger partial charge in [0.05, 0.1) is 11.1 Å². The zero-order chi connectivity index (χ0) is 17.7. The number of carbonyl (C=O) groups excluding carboxylic acids is 1. The molecule has 130 valence electrons. The van der Waals surface area contributed by atoms with E-state index in [1.807, 2.05) is 0 Å². The second-order valence-corrected chi connectivity index (χ2v) is 5.75. The normalized spacial score (nSPS) is 12.0. The highest BCUT2D eigenvalue weighted by atomic mass is 32.2. The molecule has 0 aromatic heterocycles. The van der Waals surface area contributed by atoms with Crippen molar-refractivity contribution in [3.8, 4) is 5.75 Å². The molecule has 1 aromatic carbocycles. The second-order valence-electron chi connectivity index (χ2n) is 4.18. The number of ether oxygens (including phenoxy) is 3. The Kier molecular flexibility index (Phi) is 6.36. The Bertz CT molecular complexity index is 655. The lowest BCUT2D eigenvalue weighted by Gasteiger charge is -2.14. The molecule has 7 nitrogen and oxygen atoms in total. The van der Waals surface area contributed by atoms with Crippen LogP contribution in [0.15, 0.2) is 18.2 Å². The molecule has 0 amide bonds. The summed E-state index contributed by atoms with van der Waals surface area (Å²) in [5.41, 5.74) is -1.39. The van der Waals surface area contributed by atoms with Crippen molar-refractivity contribution in [2.45, 2.75) is 6.18 Å². The fourth-order valence-electron chi connectivity index (χ4n) is 1.45. The van der Waals surface area contributed by atoms with Gasteiger partial charge in [0, 0.05) is 7.11 Å². The van der Waals surface area contributed by atoms with E-state index in [2.05, 4.69) is 9.47 Å². The number of rotatable bonds is 7. The largest absolute Gasteiger partial charge is 0.467 e. The molecule has 1 N–H and O–H groups in total. The molecule has 0 aliphatic rings. The molecule has 0 heterocycles. The van der Waals surface area contributed by atoms with Crippen molar-refractivity contribution in [1.82, 2.24) is 0 Å². The van der Waals surface area contributed by atoms with Crippen LogP contribution in [-0.4, -0.2) is 45.2 Å². The third-order valence-corrected chi connectivity index (χ3v) is 3.11. The van der Waals surface area contributed by atoms with E-state index in [1.165, 1.54) is 7.11 Å².